The largest absolute Gasteiger partial charge is 0.534 e. The molecule has 1 atom stereocenters. The highest BCUT2D eigenvalue weighted by molar-refractivity contribution is 8.18. The van der Waals surface area contributed by atoms with Crippen LogP contribution in [-0.4, -0.2) is 32.0 Å². The Labute approximate surface area is 283 Å². The average molecular weight is 663 g/mol. The van der Waals surface area contributed by atoms with Gasteiger partial charge in [0.2, 0.25) is 0 Å². The van der Waals surface area contributed by atoms with E-state index in [1.165, 1.54) is 10.4 Å². The number of benzene rings is 5. The lowest BCUT2D eigenvalue weighted by molar-refractivity contribution is 0.163. The fraction of sp³-hybridized carbons (Fsp3) is 0.250. The third kappa shape index (κ3) is 6.28. The fourth-order valence-corrected chi connectivity index (χ4v) is 14.3. The van der Waals surface area contributed by atoms with E-state index in [2.05, 4.69) is 124 Å². The van der Waals surface area contributed by atoms with Crippen LogP contribution in [0.5, 0.6) is 11.5 Å². The maximum atomic E-state index is 12.4. The van der Waals surface area contributed by atoms with Crippen molar-refractivity contribution in [2.24, 2.45) is 0 Å². The molecule has 5 aromatic rings. The summed E-state index contributed by atoms with van der Waals surface area (Å²) >= 11 is 3.70. The molecule has 46 heavy (non-hydrogen) atoms. The molecule has 6 rings (SSSR count). The Hall–Kier alpha value is -3.42. The molecule has 3 nitrogen and oxygen atoms in total. The van der Waals surface area contributed by atoms with Crippen LogP contribution < -0.4 is 19.5 Å². The number of aliphatic hydroxyl groups excluding tert-OH is 1. The molecule has 0 bridgehead atoms. The summed E-state index contributed by atoms with van der Waals surface area (Å²) in [4.78, 5) is 0. The molecule has 0 aliphatic carbocycles. The van der Waals surface area contributed by atoms with Crippen LogP contribution >= 0.6 is 23.5 Å². The number of methoxy groups -OCH3 is 1. The van der Waals surface area contributed by atoms with Gasteiger partial charge in [-0.05, 0) is 85.9 Å². The molecule has 1 saturated heterocycles. The van der Waals surface area contributed by atoms with Gasteiger partial charge in [0.1, 0.15) is 21.7 Å². The Morgan fingerprint density at radius 2 is 1.24 bits per heavy atom. The van der Waals surface area contributed by atoms with Crippen LogP contribution in [0.4, 0.5) is 0 Å². The molecule has 6 heteroatoms. The SMILES string of the molecule is COc1cccc(-c2cccc(C3(C(O)c4cccc(O[Si](c5ccccc5)(c5ccccc5)C(C)(C)C)c4)SCCCS3)c2)c1. The summed E-state index contributed by atoms with van der Waals surface area (Å²) in [5.41, 5.74) is 4.19. The summed E-state index contributed by atoms with van der Waals surface area (Å²) in [6.45, 7) is 6.87. The van der Waals surface area contributed by atoms with Crippen molar-refractivity contribution in [3.05, 3.63) is 145 Å². The average Bonchev–Trinajstić information content (AvgIpc) is 3.11. The van der Waals surface area contributed by atoms with Crippen molar-refractivity contribution in [2.45, 2.75) is 42.4 Å². The van der Waals surface area contributed by atoms with E-state index in [4.69, 9.17) is 9.16 Å². The highest BCUT2D eigenvalue weighted by atomic mass is 32.2. The lowest BCUT2D eigenvalue weighted by Crippen LogP contribution is -2.68. The van der Waals surface area contributed by atoms with E-state index in [0.717, 1.165) is 51.7 Å². The quantitative estimate of drug-likeness (QED) is 0.160. The van der Waals surface area contributed by atoms with Gasteiger partial charge in [-0.15, -0.1) is 23.5 Å². The molecule has 1 aliphatic heterocycles. The predicted octanol–water partition coefficient (Wildman–Crippen LogP) is 9.06. The van der Waals surface area contributed by atoms with Crippen molar-refractivity contribution in [1.82, 2.24) is 0 Å². The summed E-state index contributed by atoms with van der Waals surface area (Å²) in [5.74, 6) is 3.60. The molecule has 5 aromatic carbocycles. The van der Waals surface area contributed by atoms with Crippen molar-refractivity contribution >= 4 is 42.2 Å². The molecule has 0 amide bonds. The predicted molar refractivity (Wildman–Crippen MR) is 199 cm³/mol. The molecular weight excluding hydrogens is 621 g/mol. The molecule has 0 spiro atoms. The zero-order valence-electron chi connectivity index (χ0n) is 27.0. The van der Waals surface area contributed by atoms with Crippen molar-refractivity contribution < 1.29 is 14.3 Å². The third-order valence-corrected chi connectivity index (χ3v) is 17.2. The first kappa shape index (κ1) is 32.5. The van der Waals surface area contributed by atoms with Gasteiger partial charge in [0.05, 0.1) is 7.11 Å². The van der Waals surface area contributed by atoms with Crippen LogP contribution in [0, 0.1) is 0 Å². The molecule has 0 saturated carbocycles. The third-order valence-electron chi connectivity index (χ3n) is 8.81. The van der Waals surface area contributed by atoms with Crippen molar-refractivity contribution in [1.29, 1.82) is 0 Å². The molecular formula is C40H42O3S2Si. The summed E-state index contributed by atoms with van der Waals surface area (Å²) in [5, 5.41) is 14.7. The monoisotopic (exact) mass is 662 g/mol. The summed E-state index contributed by atoms with van der Waals surface area (Å²) in [6, 6.07) is 46.4. The van der Waals surface area contributed by atoms with Crippen molar-refractivity contribution in [3.63, 3.8) is 0 Å². The molecule has 1 N–H and O–H groups in total. The van der Waals surface area contributed by atoms with Crippen LogP contribution in [0.2, 0.25) is 5.04 Å². The van der Waals surface area contributed by atoms with Crippen molar-refractivity contribution in [2.75, 3.05) is 18.6 Å². The number of hydrogen-bond acceptors (Lipinski definition) is 5. The maximum Gasteiger partial charge on any atom is 0.319 e. The summed E-state index contributed by atoms with van der Waals surface area (Å²) in [6.07, 6.45) is 0.377. The van der Waals surface area contributed by atoms with E-state index < -0.39 is 18.5 Å². The van der Waals surface area contributed by atoms with Gasteiger partial charge < -0.3 is 14.3 Å². The van der Waals surface area contributed by atoms with Crippen LogP contribution in [0.1, 0.15) is 44.4 Å². The fourth-order valence-electron chi connectivity index (χ4n) is 6.54. The smallest absolute Gasteiger partial charge is 0.319 e. The second kappa shape index (κ2) is 13.7. The van der Waals surface area contributed by atoms with Gasteiger partial charge in [-0.3, -0.25) is 0 Å². The highest BCUT2D eigenvalue weighted by Crippen LogP contribution is 2.58. The van der Waals surface area contributed by atoms with Gasteiger partial charge in [-0.2, -0.15) is 0 Å². The van der Waals surface area contributed by atoms with E-state index in [9.17, 15) is 5.11 Å². The first-order chi connectivity index (χ1) is 22.3. The molecule has 236 valence electrons. The second-order valence-corrected chi connectivity index (χ2v) is 19.9. The maximum absolute atomic E-state index is 12.4. The Balaban J connectivity index is 1.41. The van der Waals surface area contributed by atoms with Gasteiger partial charge in [0, 0.05) is 0 Å². The van der Waals surface area contributed by atoms with E-state index in [1.807, 2.05) is 53.9 Å². The topological polar surface area (TPSA) is 38.7 Å². The van der Waals surface area contributed by atoms with Gasteiger partial charge in [-0.1, -0.05) is 124 Å². The minimum absolute atomic E-state index is 0.165. The highest BCUT2D eigenvalue weighted by Gasteiger charge is 2.52. The minimum atomic E-state index is -2.83. The first-order valence-electron chi connectivity index (χ1n) is 15.9. The van der Waals surface area contributed by atoms with Crippen LogP contribution in [0.15, 0.2) is 133 Å². The molecule has 1 aliphatic rings. The van der Waals surface area contributed by atoms with Gasteiger partial charge in [-0.25, -0.2) is 0 Å². The summed E-state index contributed by atoms with van der Waals surface area (Å²) in [7, 11) is -1.13. The number of aliphatic hydroxyl groups is 1. The van der Waals surface area contributed by atoms with Gasteiger partial charge in [0.15, 0.2) is 0 Å². The lowest BCUT2D eigenvalue weighted by atomic mass is 9.96. The zero-order valence-corrected chi connectivity index (χ0v) is 29.6. The Bertz CT molecular complexity index is 1710. The number of ether oxygens (including phenoxy) is 1. The zero-order chi connectivity index (χ0) is 32.2. The van der Waals surface area contributed by atoms with Crippen molar-refractivity contribution in [3.8, 4) is 22.6 Å². The van der Waals surface area contributed by atoms with Gasteiger partial charge >= 0.3 is 8.32 Å². The first-order valence-corrected chi connectivity index (χ1v) is 19.8. The molecule has 0 radical (unpaired) electrons. The van der Waals surface area contributed by atoms with Crippen LogP contribution in [0.3, 0.4) is 0 Å². The minimum Gasteiger partial charge on any atom is -0.534 e. The number of hydrogen-bond donors (Lipinski definition) is 1. The summed E-state index contributed by atoms with van der Waals surface area (Å²) < 4.78 is 12.3. The van der Waals surface area contributed by atoms with E-state index in [0.29, 0.717) is 0 Å². The van der Waals surface area contributed by atoms with E-state index in [1.54, 1.807) is 7.11 Å². The Morgan fingerprint density at radius 3 is 1.85 bits per heavy atom. The van der Waals surface area contributed by atoms with Crippen LogP contribution in [0.25, 0.3) is 11.1 Å². The Kier molecular flexibility index (Phi) is 9.71. The second-order valence-electron chi connectivity index (χ2n) is 12.8. The Morgan fingerprint density at radius 1 is 0.674 bits per heavy atom. The molecule has 1 heterocycles. The van der Waals surface area contributed by atoms with E-state index in [-0.39, 0.29) is 5.04 Å². The van der Waals surface area contributed by atoms with Crippen LogP contribution in [-0.2, 0) is 4.08 Å². The van der Waals surface area contributed by atoms with E-state index >= 15 is 0 Å². The lowest BCUT2D eigenvalue weighted by Gasteiger charge is -2.43. The standard InChI is InChI=1S/C40H42O3S2Si/c1-39(2,3)46(36-21-7-5-8-22-36,37-23-9-6-10-24-37)43-35-20-13-17-32(29-35)38(41)40(44-25-14-26-45-40)33-18-11-15-30(27-33)31-16-12-19-34(28-31)42-4/h5-13,15-24,27-29,38,41H,14,25-26H2,1-4H3. The molecule has 1 fully saturated rings. The molecule has 0 aromatic heterocycles. The molecule has 1 unspecified atom stereocenters. The van der Waals surface area contributed by atoms with Gasteiger partial charge in [0.25, 0.3) is 0 Å². The number of thioether (sulfide) groups is 2. The number of rotatable bonds is 9. The normalized spacial score (nSPS) is 15.6.